The zero-order valence-corrected chi connectivity index (χ0v) is 12.7. The Morgan fingerprint density at radius 2 is 1.95 bits per heavy atom. The van der Waals surface area contributed by atoms with Crippen molar-refractivity contribution in [3.63, 3.8) is 0 Å². The number of rotatable bonds is 5. The molecule has 0 spiro atoms. The molecule has 5 nitrogen and oxygen atoms in total. The molecule has 116 valence electrons. The number of carbonyl (C=O) groups excluding carboxylic acids is 1. The van der Waals surface area contributed by atoms with Crippen LogP contribution in [0.4, 0.5) is 5.69 Å². The van der Waals surface area contributed by atoms with Gasteiger partial charge in [-0.3, -0.25) is 4.79 Å². The Morgan fingerprint density at radius 1 is 1.24 bits per heavy atom. The number of amides is 1. The number of anilines is 1. The number of nitrogens with two attached hydrogens (primary N) is 1. The summed E-state index contributed by atoms with van der Waals surface area (Å²) in [5.41, 5.74) is 6.34. The number of nitrogens with one attached hydrogen (secondary N) is 1. The van der Waals surface area contributed by atoms with Crippen molar-refractivity contribution in [2.24, 2.45) is 17.6 Å². The quantitative estimate of drug-likeness (QED) is 0.874. The molecule has 21 heavy (non-hydrogen) atoms. The third-order valence-corrected chi connectivity index (χ3v) is 4.22. The van der Waals surface area contributed by atoms with Crippen molar-refractivity contribution in [1.82, 2.24) is 0 Å². The first-order valence-corrected chi connectivity index (χ1v) is 7.41. The molecule has 1 aromatic rings. The maximum Gasteiger partial charge on any atom is 0.227 e. The molecular formula is C16H24N2O3. The van der Waals surface area contributed by atoms with Crippen LogP contribution < -0.4 is 20.5 Å². The van der Waals surface area contributed by atoms with Crippen LogP contribution in [0.15, 0.2) is 18.2 Å². The van der Waals surface area contributed by atoms with E-state index in [0.29, 0.717) is 23.1 Å². The van der Waals surface area contributed by atoms with Crippen molar-refractivity contribution in [3.05, 3.63) is 18.2 Å². The van der Waals surface area contributed by atoms with E-state index in [2.05, 4.69) is 5.32 Å². The summed E-state index contributed by atoms with van der Waals surface area (Å²) in [4.78, 5) is 12.4. The van der Waals surface area contributed by atoms with Crippen LogP contribution in [-0.4, -0.2) is 26.7 Å². The first-order chi connectivity index (χ1) is 10.2. The smallest absolute Gasteiger partial charge is 0.227 e. The molecule has 0 radical (unpaired) electrons. The summed E-state index contributed by atoms with van der Waals surface area (Å²) in [5.74, 6) is 2.01. The van der Waals surface area contributed by atoms with Gasteiger partial charge in [0.05, 0.1) is 19.9 Å². The van der Waals surface area contributed by atoms with Crippen LogP contribution >= 0.6 is 0 Å². The highest BCUT2D eigenvalue weighted by atomic mass is 16.5. The molecule has 1 fully saturated rings. The number of carbonyl (C=O) groups is 1. The largest absolute Gasteiger partial charge is 0.497 e. The summed E-state index contributed by atoms with van der Waals surface area (Å²) in [7, 11) is 3.19. The highest BCUT2D eigenvalue weighted by Gasteiger charge is 2.26. The topological polar surface area (TPSA) is 73.6 Å². The zero-order valence-electron chi connectivity index (χ0n) is 12.7. The number of hydrogen-bond donors (Lipinski definition) is 2. The van der Waals surface area contributed by atoms with Crippen LogP contribution in [0, 0.1) is 11.8 Å². The second-order valence-corrected chi connectivity index (χ2v) is 5.51. The van der Waals surface area contributed by atoms with Crippen LogP contribution in [0.2, 0.25) is 0 Å². The second kappa shape index (κ2) is 7.31. The summed E-state index contributed by atoms with van der Waals surface area (Å²) in [6.45, 7) is 0.720. The van der Waals surface area contributed by atoms with Gasteiger partial charge in [0.25, 0.3) is 0 Å². The van der Waals surface area contributed by atoms with E-state index >= 15 is 0 Å². The summed E-state index contributed by atoms with van der Waals surface area (Å²) < 4.78 is 10.5. The Labute approximate surface area is 125 Å². The van der Waals surface area contributed by atoms with Gasteiger partial charge in [0.1, 0.15) is 11.5 Å². The molecule has 0 unspecified atom stereocenters. The summed E-state index contributed by atoms with van der Waals surface area (Å²) in [6, 6.07) is 5.38. The molecule has 3 N–H and O–H groups in total. The molecule has 1 aliphatic rings. The Morgan fingerprint density at radius 3 is 2.52 bits per heavy atom. The van der Waals surface area contributed by atoms with Gasteiger partial charge in [0.2, 0.25) is 5.91 Å². The van der Waals surface area contributed by atoms with E-state index < -0.39 is 0 Å². The average molecular weight is 292 g/mol. The van der Waals surface area contributed by atoms with Crippen LogP contribution in [0.25, 0.3) is 0 Å². The lowest BCUT2D eigenvalue weighted by Gasteiger charge is -2.27. The minimum atomic E-state index is 0.0528. The zero-order chi connectivity index (χ0) is 15.2. The highest BCUT2D eigenvalue weighted by Crippen LogP contribution is 2.32. The first-order valence-electron chi connectivity index (χ1n) is 7.41. The number of hydrogen-bond acceptors (Lipinski definition) is 4. The summed E-state index contributed by atoms with van der Waals surface area (Å²) in [6.07, 6.45) is 3.87. The van der Waals surface area contributed by atoms with Crippen molar-refractivity contribution >= 4 is 11.6 Å². The van der Waals surface area contributed by atoms with Crippen molar-refractivity contribution in [1.29, 1.82) is 0 Å². The minimum Gasteiger partial charge on any atom is -0.497 e. The fourth-order valence-corrected chi connectivity index (χ4v) is 2.81. The Hall–Kier alpha value is -1.75. The van der Waals surface area contributed by atoms with Crippen molar-refractivity contribution in [2.45, 2.75) is 25.7 Å². The molecule has 5 heteroatoms. The highest BCUT2D eigenvalue weighted by molar-refractivity contribution is 5.94. The van der Waals surface area contributed by atoms with Crippen LogP contribution in [0.1, 0.15) is 25.7 Å². The monoisotopic (exact) mass is 292 g/mol. The number of methoxy groups -OCH3 is 2. The van der Waals surface area contributed by atoms with Crippen molar-refractivity contribution < 1.29 is 14.3 Å². The molecule has 0 bridgehead atoms. The lowest BCUT2D eigenvalue weighted by atomic mass is 9.81. The third kappa shape index (κ3) is 3.88. The maximum absolute atomic E-state index is 12.4. The molecule has 0 saturated heterocycles. The summed E-state index contributed by atoms with van der Waals surface area (Å²) >= 11 is 0. The Bertz CT molecular complexity index is 482. The van der Waals surface area contributed by atoms with Crippen LogP contribution in [0.5, 0.6) is 11.5 Å². The fourth-order valence-electron chi connectivity index (χ4n) is 2.81. The minimum absolute atomic E-state index is 0.0528. The van der Waals surface area contributed by atoms with Gasteiger partial charge in [0.15, 0.2) is 0 Å². The molecule has 0 heterocycles. The molecular weight excluding hydrogens is 268 g/mol. The molecule has 1 aliphatic carbocycles. The van der Waals surface area contributed by atoms with E-state index in [9.17, 15) is 4.79 Å². The predicted octanol–water partition coefficient (Wildman–Crippen LogP) is 2.41. The van der Waals surface area contributed by atoms with Gasteiger partial charge in [-0.1, -0.05) is 0 Å². The van der Waals surface area contributed by atoms with E-state index in [1.807, 2.05) is 0 Å². The van der Waals surface area contributed by atoms with Gasteiger partial charge < -0.3 is 20.5 Å². The van der Waals surface area contributed by atoms with Gasteiger partial charge in [-0.15, -0.1) is 0 Å². The molecule has 1 saturated carbocycles. The van der Waals surface area contributed by atoms with Crippen molar-refractivity contribution in [3.8, 4) is 11.5 Å². The Balaban J connectivity index is 2.02. The molecule has 1 amide bonds. The molecule has 0 aliphatic heterocycles. The lowest BCUT2D eigenvalue weighted by Crippen LogP contribution is -2.29. The van der Waals surface area contributed by atoms with E-state index in [-0.39, 0.29) is 11.8 Å². The molecule has 1 aromatic carbocycles. The normalized spacial score (nSPS) is 21.7. The fraction of sp³-hybridized carbons (Fsp3) is 0.562. The third-order valence-electron chi connectivity index (χ3n) is 4.22. The van der Waals surface area contributed by atoms with Gasteiger partial charge in [0, 0.05) is 12.0 Å². The molecule has 2 rings (SSSR count). The molecule has 0 atom stereocenters. The standard InChI is InChI=1S/C16H24N2O3/c1-20-13-7-8-15(21-2)14(9-13)18-16(19)12-5-3-11(10-17)4-6-12/h7-9,11-12H,3-6,10,17H2,1-2H3,(H,18,19). The molecule has 0 aromatic heterocycles. The van der Waals surface area contributed by atoms with Crippen LogP contribution in [-0.2, 0) is 4.79 Å². The van der Waals surface area contributed by atoms with E-state index in [0.717, 1.165) is 32.2 Å². The lowest BCUT2D eigenvalue weighted by molar-refractivity contribution is -0.121. The average Bonchev–Trinajstić information content (AvgIpc) is 2.54. The Kier molecular flexibility index (Phi) is 5.44. The summed E-state index contributed by atoms with van der Waals surface area (Å²) in [5, 5.41) is 2.96. The predicted molar refractivity (Wildman–Crippen MR) is 82.7 cm³/mol. The number of ether oxygens (including phenoxy) is 2. The SMILES string of the molecule is COc1ccc(OC)c(NC(=O)C2CCC(CN)CC2)c1. The second-order valence-electron chi connectivity index (χ2n) is 5.51. The first kappa shape index (κ1) is 15.6. The maximum atomic E-state index is 12.4. The van der Waals surface area contributed by atoms with E-state index in [1.165, 1.54) is 0 Å². The van der Waals surface area contributed by atoms with Gasteiger partial charge in [-0.2, -0.15) is 0 Å². The van der Waals surface area contributed by atoms with Crippen molar-refractivity contribution in [2.75, 3.05) is 26.1 Å². The van der Waals surface area contributed by atoms with Gasteiger partial charge >= 0.3 is 0 Å². The van der Waals surface area contributed by atoms with E-state index in [1.54, 1.807) is 32.4 Å². The number of benzene rings is 1. The van der Waals surface area contributed by atoms with Gasteiger partial charge in [-0.05, 0) is 50.3 Å². The van der Waals surface area contributed by atoms with Crippen LogP contribution in [0.3, 0.4) is 0 Å². The van der Waals surface area contributed by atoms with Gasteiger partial charge in [-0.25, -0.2) is 0 Å². The van der Waals surface area contributed by atoms with E-state index in [4.69, 9.17) is 15.2 Å².